The average molecular weight is 310 g/mol. The van der Waals surface area contributed by atoms with Gasteiger partial charge in [0.1, 0.15) is 0 Å². The van der Waals surface area contributed by atoms with Crippen molar-refractivity contribution in [1.82, 2.24) is 5.32 Å². The van der Waals surface area contributed by atoms with E-state index in [1.807, 2.05) is 36.4 Å². The lowest BCUT2D eigenvalue weighted by Gasteiger charge is -2.15. The molecular weight excluding hydrogens is 288 g/mol. The second kappa shape index (κ2) is 8.21. The zero-order chi connectivity index (χ0) is 16.7. The van der Waals surface area contributed by atoms with Crippen molar-refractivity contribution in [3.05, 3.63) is 59.2 Å². The summed E-state index contributed by atoms with van der Waals surface area (Å²) in [6.45, 7) is 2.93. The van der Waals surface area contributed by atoms with Gasteiger partial charge in [-0.3, -0.25) is 0 Å². The van der Waals surface area contributed by atoms with Gasteiger partial charge < -0.3 is 14.8 Å². The minimum absolute atomic E-state index is 0.323. The number of hydrogen-bond donors (Lipinski definition) is 1. The Bertz CT molecular complexity index is 675. The van der Waals surface area contributed by atoms with Crippen LogP contribution < -0.4 is 14.8 Å². The van der Waals surface area contributed by atoms with Gasteiger partial charge >= 0.3 is 0 Å². The average Bonchev–Trinajstić information content (AvgIpc) is 2.60. The van der Waals surface area contributed by atoms with Gasteiger partial charge in [0, 0.05) is 12.6 Å². The van der Waals surface area contributed by atoms with Gasteiger partial charge in [-0.1, -0.05) is 18.2 Å². The molecule has 0 radical (unpaired) electrons. The van der Waals surface area contributed by atoms with Crippen LogP contribution in [0, 0.1) is 11.3 Å². The molecule has 4 heteroatoms. The van der Waals surface area contributed by atoms with E-state index in [0.717, 1.165) is 24.5 Å². The van der Waals surface area contributed by atoms with Crippen molar-refractivity contribution in [3.63, 3.8) is 0 Å². The van der Waals surface area contributed by atoms with Gasteiger partial charge in [-0.25, -0.2) is 0 Å². The van der Waals surface area contributed by atoms with Gasteiger partial charge in [0.05, 0.1) is 25.9 Å². The maximum Gasteiger partial charge on any atom is 0.160 e. The van der Waals surface area contributed by atoms with E-state index >= 15 is 0 Å². The summed E-state index contributed by atoms with van der Waals surface area (Å²) in [6, 6.07) is 16.1. The molecule has 2 rings (SSSR count). The van der Waals surface area contributed by atoms with Gasteiger partial charge in [0.15, 0.2) is 11.5 Å². The lowest BCUT2D eigenvalue weighted by Crippen LogP contribution is -2.27. The molecule has 1 unspecified atom stereocenters. The Morgan fingerprint density at radius 3 is 2.26 bits per heavy atom. The molecule has 1 N–H and O–H groups in total. The van der Waals surface area contributed by atoms with Crippen molar-refractivity contribution < 1.29 is 9.47 Å². The second-order valence-corrected chi connectivity index (χ2v) is 5.48. The molecule has 0 aliphatic rings. The van der Waals surface area contributed by atoms with Crippen molar-refractivity contribution in [2.75, 3.05) is 14.2 Å². The van der Waals surface area contributed by atoms with Crippen LogP contribution in [0.2, 0.25) is 0 Å². The summed E-state index contributed by atoms with van der Waals surface area (Å²) in [5.41, 5.74) is 3.05. The van der Waals surface area contributed by atoms with Crippen LogP contribution in [0.25, 0.3) is 0 Å². The van der Waals surface area contributed by atoms with E-state index in [9.17, 15) is 0 Å². The minimum Gasteiger partial charge on any atom is -0.493 e. The van der Waals surface area contributed by atoms with Gasteiger partial charge in [0.25, 0.3) is 0 Å². The number of ether oxygens (including phenoxy) is 2. The fourth-order valence-corrected chi connectivity index (χ4v) is 2.42. The van der Waals surface area contributed by atoms with Crippen molar-refractivity contribution in [1.29, 1.82) is 5.26 Å². The summed E-state index contributed by atoms with van der Waals surface area (Å²) < 4.78 is 10.6. The van der Waals surface area contributed by atoms with E-state index in [1.165, 1.54) is 11.1 Å². The van der Waals surface area contributed by atoms with Crippen LogP contribution in [0.3, 0.4) is 0 Å². The van der Waals surface area contributed by atoms with E-state index in [1.54, 1.807) is 14.2 Å². The second-order valence-electron chi connectivity index (χ2n) is 5.48. The number of nitriles is 1. The van der Waals surface area contributed by atoms with Crippen LogP contribution in [-0.4, -0.2) is 20.3 Å². The van der Waals surface area contributed by atoms with E-state index in [2.05, 4.69) is 24.4 Å². The monoisotopic (exact) mass is 310 g/mol. The van der Waals surface area contributed by atoms with Crippen molar-refractivity contribution in [2.45, 2.75) is 25.9 Å². The zero-order valence-electron chi connectivity index (χ0n) is 13.8. The summed E-state index contributed by atoms with van der Waals surface area (Å²) in [7, 11) is 3.29. The predicted octanol–water partition coefficient (Wildman–Crippen LogP) is 3.30. The first-order chi connectivity index (χ1) is 11.2. The SMILES string of the molecule is COc1ccc(CC(C)NCc2ccc(C#N)cc2)cc1OC. The highest BCUT2D eigenvalue weighted by Gasteiger charge is 2.08. The van der Waals surface area contributed by atoms with Crippen LogP contribution in [-0.2, 0) is 13.0 Å². The fraction of sp³-hybridized carbons (Fsp3) is 0.316. The smallest absolute Gasteiger partial charge is 0.160 e. The third kappa shape index (κ3) is 4.73. The molecule has 0 aliphatic heterocycles. The molecule has 120 valence electrons. The molecule has 2 aromatic carbocycles. The quantitative estimate of drug-likeness (QED) is 0.852. The Morgan fingerprint density at radius 1 is 1.00 bits per heavy atom. The third-order valence-electron chi connectivity index (χ3n) is 3.73. The Balaban J connectivity index is 1.91. The van der Waals surface area contributed by atoms with Crippen LogP contribution in [0.5, 0.6) is 11.5 Å². The standard InChI is InChI=1S/C19H22N2O2/c1-14(21-13-16-6-4-15(12-20)5-7-16)10-17-8-9-18(22-2)19(11-17)23-3/h4-9,11,14,21H,10,13H2,1-3H3. The molecule has 23 heavy (non-hydrogen) atoms. The Morgan fingerprint density at radius 2 is 1.65 bits per heavy atom. The summed E-state index contributed by atoms with van der Waals surface area (Å²) >= 11 is 0. The largest absolute Gasteiger partial charge is 0.493 e. The lowest BCUT2D eigenvalue weighted by molar-refractivity contribution is 0.354. The summed E-state index contributed by atoms with van der Waals surface area (Å²) in [5, 5.41) is 12.3. The molecule has 2 aromatic rings. The molecule has 4 nitrogen and oxygen atoms in total. The molecule has 0 fully saturated rings. The predicted molar refractivity (Wildman–Crippen MR) is 90.7 cm³/mol. The first-order valence-electron chi connectivity index (χ1n) is 7.59. The number of rotatable bonds is 7. The summed E-state index contributed by atoms with van der Waals surface area (Å²) in [6.07, 6.45) is 0.899. The molecular formula is C19H22N2O2. The first-order valence-corrected chi connectivity index (χ1v) is 7.59. The number of nitrogens with zero attached hydrogens (tertiary/aromatic N) is 1. The first kappa shape index (κ1) is 16.9. The molecule has 0 amide bonds. The summed E-state index contributed by atoms with van der Waals surface area (Å²) in [4.78, 5) is 0. The highest BCUT2D eigenvalue weighted by molar-refractivity contribution is 5.43. The van der Waals surface area contributed by atoms with E-state index < -0.39 is 0 Å². The molecule has 0 spiro atoms. The molecule has 0 saturated heterocycles. The molecule has 0 bridgehead atoms. The van der Waals surface area contributed by atoms with Crippen molar-refractivity contribution >= 4 is 0 Å². The van der Waals surface area contributed by atoms with Gasteiger partial charge in [0.2, 0.25) is 0 Å². The van der Waals surface area contributed by atoms with E-state index in [4.69, 9.17) is 14.7 Å². The number of benzene rings is 2. The fourth-order valence-electron chi connectivity index (χ4n) is 2.42. The Hall–Kier alpha value is -2.51. The Kier molecular flexibility index (Phi) is 6.02. The highest BCUT2D eigenvalue weighted by Crippen LogP contribution is 2.27. The topological polar surface area (TPSA) is 54.3 Å². The number of methoxy groups -OCH3 is 2. The molecule has 0 aromatic heterocycles. The third-order valence-corrected chi connectivity index (χ3v) is 3.73. The van der Waals surface area contributed by atoms with Crippen molar-refractivity contribution in [3.8, 4) is 17.6 Å². The van der Waals surface area contributed by atoms with E-state index in [0.29, 0.717) is 11.6 Å². The van der Waals surface area contributed by atoms with Crippen LogP contribution in [0.15, 0.2) is 42.5 Å². The lowest BCUT2D eigenvalue weighted by atomic mass is 10.1. The zero-order valence-corrected chi connectivity index (χ0v) is 13.8. The Labute approximate surface area is 137 Å². The highest BCUT2D eigenvalue weighted by atomic mass is 16.5. The number of nitrogens with one attached hydrogen (secondary N) is 1. The van der Waals surface area contributed by atoms with Gasteiger partial charge in [-0.2, -0.15) is 5.26 Å². The normalized spacial score (nSPS) is 11.6. The van der Waals surface area contributed by atoms with Crippen molar-refractivity contribution in [2.24, 2.45) is 0 Å². The van der Waals surface area contributed by atoms with Crippen LogP contribution in [0.1, 0.15) is 23.6 Å². The van der Waals surface area contributed by atoms with Crippen LogP contribution >= 0.6 is 0 Å². The molecule has 0 saturated carbocycles. The minimum atomic E-state index is 0.323. The maximum atomic E-state index is 8.81. The maximum absolute atomic E-state index is 8.81. The molecule has 0 heterocycles. The van der Waals surface area contributed by atoms with E-state index in [-0.39, 0.29) is 0 Å². The summed E-state index contributed by atoms with van der Waals surface area (Å²) in [5.74, 6) is 1.50. The molecule has 1 atom stereocenters. The van der Waals surface area contributed by atoms with Crippen LogP contribution in [0.4, 0.5) is 0 Å². The van der Waals surface area contributed by atoms with Gasteiger partial charge in [-0.15, -0.1) is 0 Å². The van der Waals surface area contributed by atoms with Gasteiger partial charge in [-0.05, 0) is 48.7 Å². The molecule has 0 aliphatic carbocycles. The number of hydrogen-bond acceptors (Lipinski definition) is 4.